The summed E-state index contributed by atoms with van der Waals surface area (Å²) in [6, 6.07) is 9.60. The fourth-order valence-electron chi connectivity index (χ4n) is 1.94. The molecule has 5 heteroatoms. The molecule has 2 aromatic heterocycles. The van der Waals surface area contributed by atoms with E-state index in [9.17, 15) is 0 Å². The number of benzene rings is 1. The molecule has 1 aromatic carbocycles. The van der Waals surface area contributed by atoms with Crippen molar-refractivity contribution in [2.45, 2.75) is 0 Å². The van der Waals surface area contributed by atoms with E-state index in [4.69, 9.17) is 10.5 Å². The van der Waals surface area contributed by atoms with E-state index in [1.807, 2.05) is 48.6 Å². The van der Waals surface area contributed by atoms with Crippen molar-refractivity contribution in [2.75, 3.05) is 12.8 Å². The highest BCUT2D eigenvalue weighted by atomic mass is 32.1. The van der Waals surface area contributed by atoms with E-state index in [1.165, 1.54) is 0 Å². The van der Waals surface area contributed by atoms with Gasteiger partial charge in [-0.3, -0.25) is 0 Å². The molecule has 110 valence electrons. The summed E-state index contributed by atoms with van der Waals surface area (Å²) in [7, 11) is 1.67. The van der Waals surface area contributed by atoms with Gasteiger partial charge in [0, 0.05) is 6.20 Å². The molecule has 0 amide bonds. The van der Waals surface area contributed by atoms with Crippen molar-refractivity contribution in [3.63, 3.8) is 0 Å². The van der Waals surface area contributed by atoms with Gasteiger partial charge in [-0.2, -0.15) is 0 Å². The topological polar surface area (TPSA) is 61.0 Å². The van der Waals surface area contributed by atoms with Crippen LogP contribution in [-0.2, 0) is 0 Å². The number of nitrogens with zero attached hydrogens (tertiary/aromatic N) is 2. The maximum atomic E-state index is 5.55. The molecule has 2 N–H and O–H groups in total. The van der Waals surface area contributed by atoms with Crippen LogP contribution in [0.25, 0.3) is 22.4 Å². The normalized spacial score (nSPS) is 11.7. The van der Waals surface area contributed by atoms with Gasteiger partial charge in [-0.15, -0.1) is 11.3 Å². The van der Waals surface area contributed by atoms with E-state index in [1.54, 1.807) is 30.7 Å². The van der Waals surface area contributed by atoms with E-state index >= 15 is 0 Å². The Kier molecular flexibility index (Phi) is 4.16. The molecule has 0 aliphatic heterocycles. The lowest BCUT2D eigenvalue weighted by molar-refractivity contribution is 0.415. The van der Waals surface area contributed by atoms with Gasteiger partial charge in [-0.25, -0.2) is 9.97 Å². The maximum Gasteiger partial charge on any atom is 0.123 e. The first-order chi connectivity index (χ1) is 10.7. The number of nitrogens with two attached hydrogens (primary N) is 1. The molecule has 3 aromatic rings. The van der Waals surface area contributed by atoms with E-state index in [0.29, 0.717) is 5.82 Å². The summed E-state index contributed by atoms with van der Waals surface area (Å²) in [5.74, 6) is 1.38. The average Bonchev–Trinajstić information content (AvgIpc) is 2.95. The molecule has 0 saturated heterocycles. The largest absolute Gasteiger partial charge is 0.497 e. The lowest BCUT2D eigenvalue weighted by Gasteiger charge is -1.96. The molecule has 0 atom stereocenters. The average molecular weight is 309 g/mol. The first-order valence-electron chi connectivity index (χ1n) is 6.75. The molecule has 22 heavy (non-hydrogen) atoms. The Bertz CT molecular complexity index is 835. The second kappa shape index (κ2) is 6.41. The third-order valence-electron chi connectivity index (χ3n) is 3.06. The van der Waals surface area contributed by atoms with E-state index in [-0.39, 0.29) is 0 Å². The number of allylic oxidation sites excluding steroid dienone is 2. The fourth-order valence-corrected chi connectivity index (χ4v) is 2.85. The Hall–Kier alpha value is -2.66. The van der Waals surface area contributed by atoms with Gasteiger partial charge in [0.25, 0.3) is 0 Å². The summed E-state index contributed by atoms with van der Waals surface area (Å²) in [6.45, 7) is 0. The molecule has 4 nitrogen and oxygen atoms in total. The van der Waals surface area contributed by atoms with Crippen LogP contribution in [-0.4, -0.2) is 17.1 Å². The van der Waals surface area contributed by atoms with Crippen molar-refractivity contribution in [3.8, 4) is 5.75 Å². The number of hydrogen-bond acceptors (Lipinski definition) is 5. The zero-order chi connectivity index (χ0) is 15.4. The van der Waals surface area contributed by atoms with Gasteiger partial charge in [-0.05, 0) is 42.0 Å². The molecular formula is C17H15N3OS. The van der Waals surface area contributed by atoms with Crippen molar-refractivity contribution < 1.29 is 4.74 Å². The quantitative estimate of drug-likeness (QED) is 0.740. The SMILES string of the molecule is COc1ccc2nc(/C=C/C=C/c3ccc(N)nc3)sc2c1. The molecular weight excluding hydrogens is 294 g/mol. The predicted octanol–water partition coefficient (Wildman–Crippen LogP) is 4.01. The molecule has 0 saturated carbocycles. The Balaban J connectivity index is 1.73. The Labute approximate surface area is 132 Å². The van der Waals surface area contributed by atoms with Gasteiger partial charge >= 0.3 is 0 Å². The number of anilines is 1. The molecule has 3 rings (SSSR count). The van der Waals surface area contributed by atoms with E-state index in [0.717, 1.165) is 26.5 Å². The lowest BCUT2D eigenvalue weighted by Crippen LogP contribution is -1.87. The van der Waals surface area contributed by atoms with Gasteiger partial charge in [0.15, 0.2) is 0 Å². The highest BCUT2D eigenvalue weighted by Gasteiger charge is 2.02. The van der Waals surface area contributed by atoms with Crippen molar-refractivity contribution in [3.05, 3.63) is 59.3 Å². The van der Waals surface area contributed by atoms with Crippen LogP contribution in [0.3, 0.4) is 0 Å². The first-order valence-corrected chi connectivity index (χ1v) is 7.57. The number of rotatable bonds is 4. The minimum absolute atomic E-state index is 0.526. The number of aromatic nitrogens is 2. The van der Waals surface area contributed by atoms with Crippen molar-refractivity contribution in [1.82, 2.24) is 9.97 Å². The number of methoxy groups -OCH3 is 1. The number of ether oxygens (including phenoxy) is 1. The van der Waals surface area contributed by atoms with Gasteiger partial charge in [0.2, 0.25) is 0 Å². The molecule has 0 unspecified atom stereocenters. The second-order valence-corrected chi connectivity index (χ2v) is 5.68. The Morgan fingerprint density at radius 2 is 2.00 bits per heavy atom. The van der Waals surface area contributed by atoms with Gasteiger partial charge < -0.3 is 10.5 Å². The summed E-state index contributed by atoms with van der Waals surface area (Å²) in [4.78, 5) is 8.60. The zero-order valence-corrected chi connectivity index (χ0v) is 12.9. The first kappa shape index (κ1) is 14.3. The van der Waals surface area contributed by atoms with Crippen LogP contribution in [0.15, 0.2) is 48.7 Å². The molecule has 2 heterocycles. The number of nitrogen functional groups attached to an aromatic ring is 1. The van der Waals surface area contributed by atoms with E-state index in [2.05, 4.69) is 9.97 Å². The summed E-state index contributed by atoms with van der Waals surface area (Å²) in [5.41, 5.74) is 7.54. The second-order valence-electron chi connectivity index (χ2n) is 4.62. The number of thiazole rings is 1. The van der Waals surface area contributed by atoms with Crippen LogP contribution in [0.2, 0.25) is 0 Å². The fraction of sp³-hybridized carbons (Fsp3) is 0.0588. The van der Waals surface area contributed by atoms with Crippen molar-refractivity contribution in [2.24, 2.45) is 0 Å². The number of hydrogen-bond donors (Lipinski definition) is 1. The molecule has 0 radical (unpaired) electrons. The molecule has 0 spiro atoms. The standard InChI is InChI=1S/C17H15N3OS/c1-21-13-7-8-14-15(10-13)22-17(20-14)5-3-2-4-12-6-9-16(18)19-11-12/h2-11H,1H3,(H2,18,19)/b4-2+,5-3+. The number of pyridine rings is 1. The maximum absolute atomic E-state index is 5.55. The summed E-state index contributed by atoms with van der Waals surface area (Å²) in [5, 5.41) is 0.961. The lowest BCUT2D eigenvalue weighted by atomic mass is 10.2. The Morgan fingerprint density at radius 3 is 2.77 bits per heavy atom. The summed E-state index contributed by atoms with van der Waals surface area (Å²) in [6.07, 6.45) is 9.62. The predicted molar refractivity (Wildman–Crippen MR) is 92.9 cm³/mol. The van der Waals surface area contributed by atoms with Crippen LogP contribution in [0.1, 0.15) is 10.6 Å². The molecule has 0 bridgehead atoms. The molecule has 0 fully saturated rings. The van der Waals surface area contributed by atoms with Gasteiger partial charge in [-0.1, -0.05) is 18.2 Å². The summed E-state index contributed by atoms with van der Waals surface area (Å²) < 4.78 is 6.34. The zero-order valence-electron chi connectivity index (χ0n) is 12.1. The van der Waals surface area contributed by atoms with Gasteiger partial charge in [0.05, 0.1) is 17.3 Å². The molecule has 0 aliphatic rings. The van der Waals surface area contributed by atoms with Crippen LogP contribution in [0.4, 0.5) is 5.82 Å². The van der Waals surface area contributed by atoms with Crippen molar-refractivity contribution in [1.29, 1.82) is 0 Å². The highest BCUT2D eigenvalue weighted by molar-refractivity contribution is 7.19. The van der Waals surface area contributed by atoms with Crippen LogP contribution in [0.5, 0.6) is 5.75 Å². The van der Waals surface area contributed by atoms with Crippen molar-refractivity contribution >= 4 is 39.5 Å². The van der Waals surface area contributed by atoms with Crippen LogP contribution in [0, 0.1) is 0 Å². The molecule has 0 aliphatic carbocycles. The Morgan fingerprint density at radius 1 is 1.14 bits per heavy atom. The highest BCUT2D eigenvalue weighted by Crippen LogP contribution is 2.26. The third kappa shape index (κ3) is 3.32. The minimum atomic E-state index is 0.526. The monoisotopic (exact) mass is 309 g/mol. The third-order valence-corrected chi connectivity index (χ3v) is 4.04. The summed E-state index contributed by atoms with van der Waals surface area (Å²) >= 11 is 1.63. The minimum Gasteiger partial charge on any atom is -0.497 e. The van der Waals surface area contributed by atoms with Crippen LogP contribution < -0.4 is 10.5 Å². The van der Waals surface area contributed by atoms with E-state index < -0.39 is 0 Å². The smallest absolute Gasteiger partial charge is 0.123 e. The number of fused-ring (bicyclic) bond motifs is 1. The van der Waals surface area contributed by atoms with Gasteiger partial charge in [0.1, 0.15) is 16.6 Å². The van der Waals surface area contributed by atoms with Crippen LogP contribution >= 0.6 is 11.3 Å².